The molecule has 2 aromatic rings. The van der Waals surface area contributed by atoms with Crippen molar-refractivity contribution in [3.05, 3.63) is 42.5 Å². The van der Waals surface area contributed by atoms with E-state index in [9.17, 15) is 13.2 Å². The standard InChI is InChI=1S/C17H20N2O4S/c20-11-9-18-17(21)16-6-3-10-19(16)24(22,23)15-8-7-13-4-1-2-5-14(13)12-15/h1-2,4-5,7-8,12,16,20H,3,6,9-11H2,(H,18,21)/t16-/m0/s1. The minimum atomic E-state index is -3.74. The van der Waals surface area contributed by atoms with Crippen molar-refractivity contribution in [2.24, 2.45) is 0 Å². The Labute approximate surface area is 141 Å². The monoisotopic (exact) mass is 348 g/mol. The number of aliphatic hydroxyl groups excluding tert-OH is 1. The van der Waals surface area contributed by atoms with Crippen LogP contribution in [0.4, 0.5) is 0 Å². The van der Waals surface area contributed by atoms with Crippen LogP contribution in [-0.4, -0.2) is 49.5 Å². The molecule has 0 bridgehead atoms. The van der Waals surface area contributed by atoms with Gasteiger partial charge in [-0.2, -0.15) is 4.31 Å². The number of carbonyl (C=O) groups excluding carboxylic acids is 1. The zero-order valence-electron chi connectivity index (χ0n) is 13.2. The number of nitrogens with one attached hydrogen (secondary N) is 1. The summed E-state index contributed by atoms with van der Waals surface area (Å²) >= 11 is 0. The number of aliphatic hydroxyl groups is 1. The fourth-order valence-corrected chi connectivity index (χ4v) is 4.74. The Bertz CT molecular complexity index is 851. The predicted molar refractivity (Wildman–Crippen MR) is 91.0 cm³/mol. The molecule has 1 aliphatic rings. The largest absolute Gasteiger partial charge is 0.395 e. The smallest absolute Gasteiger partial charge is 0.243 e. The molecule has 7 heteroatoms. The summed E-state index contributed by atoms with van der Waals surface area (Å²) in [5, 5.41) is 13.2. The van der Waals surface area contributed by atoms with Gasteiger partial charge in [0.25, 0.3) is 0 Å². The highest BCUT2D eigenvalue weighted by atomic mass is 32.2. The van der Waals surface area contributed by atoms with E-state index in [0.29, 0.717) is 19.4 Å². The van der Waals surface area contributed by atoms with Crippen LogP contribution in [0.1, 0.15) is 12.8 Å². The zero-order chi connectivity index (χ0) is 17.2. The molecule has 24 heavy (non-hydrogen) atoms. The van der Waals surface area contributed by atoms with Crippen molar-refractivity contribution in [1.82, 2.24) is 9.62 Å². The van der Waals surface area contributed by atoms with E-state index in [0.717, 1.165) is 10.8 Å². The maximum absolute atomic E-state index is 13.0. The van der Waals surface area contributed by atoms with Crippen molar-refractivity contribution in [2.75, 3.05) is 19.7 Å². The van der Waals surface area contributed by atoms with Gasteiger partial charge >= 0.3 is 0 Å². The van der Waals surface area contributed by atoms with Crippen LogP contribution in [-0.2, 0) is 14.8 Å². The van der Waals surface area contributed by atoms with E-state index in [-0.39, 0.29) is 24.0 Å². The van der Waals surface area contributed by atoms with E-state index >= 15 is 0 Å². The van der Waals surface area contributed by atoms with Crippen LogP contribution in [0.15, 0.2) is 47.4 Å². The van der Waals surface area contributed by atoms with Crippen LogP contribution in [0.3, 0.4) is 0 Å². The lowest BCUT2D eigenvalue weighted by Gasteiger charge is -2.23. The first-order chi connectivity index (χ1) is 11.5. The van der Waals surface area contributed by atoms with Gasteiger partial charge < -0.3 is 10.4 Å². The van der Waals surface area contributed by atoms with Crippen molar-refractivity contribution < 1.29 is 18.3 Å². The highest BCUT2D eigenvalue weighted by Crippen LogP contribution is 2.28. The summed E-state index contributed by atoms with van der Waals surface area (Å²) in [4.78, 5) is 12.4. The molecule has 1 heterocycles. The second-order valence-electron chi connectivity index (χ2n) is 5.80. The third-order valence-corrected chi connectivity index (χ3v) is 6.15. The Balaban J connectivity index is 1.91. The third kappa shape index (κ3) is 3.15. The van der Waals surface area contributed by atoms with E-state index in [1.54, 1.807) is 18.2 Å². The molecule has 1 fully saturated rings. The summed E-state index contributed by atoms with van der Waals surface area (Å²) in [5.74, 6) is -0.356. The molecule has 0 aliphatic carbocycles. The molecule has 0 aromatic heterocycles. The minimum Gasteiger partial charge on any atom is -0.395 e. The lowest BCUT2D eigenvalue weighted by atomic mass is 10.1. The Morgan fingerprint density at radius 1 is 1.21 bits per heavy atom. The van der Waals surface area contributed by atoms with Gasteiger partial charge in [0, 0.05) is 13.1 Å². The maximum atomic E-state index is 13.0. The van der Waals surface area contributed by atoms with E-state index < -0.39 is 16.1 Å². The van der Waals surface area contributed by atoms with Gasteiger partial charge in [-0.25, -0.2) is 8.42 Å². The molecule has 6 nitrogen and oxygen atoms in total. The Kier molecular flexibility index (Phi) is 4.84. The lowest BCUT2D eigenvalue weighted by Crippen LogP contribution is -2.46. The Morgan fingerprint density at radius 2 is 1.96 bits per heavy atom. The number of nitrogens with zero attached hydrogens (tertiary/aromatic N) is 1. The van der Waals surface area contributed by atoms with E-state index in [1.807, 2.05) is 24.3 Å². The number of carbonyl (C=O) groups is 1. The SMILES string of the molecule is O=C(NCCO)[C@@H]1CCCN1S(=O)(=O)c1ccc2ccccc2c1. The van der Waals surface area contributed by atoms with E-state index in [1.165, 1.54) is 4.31 Å². The van der Waals surface area contributed by atoms with Crippen molar-refractivity contribution in [3.8, 4) is 0 Å². The molecule has 0 radical (unpaired) electrons. The number of hydrogen-bond donors (Lipinski definition) is 2. The summed E-state index contributed by atoms with van der Waals surface area (Å²) in [5.41, 5.74) is 0. The van der Waals surface area contributed by atoms with Crippen molar-refractivity contribution in [2.45, 2.75) is 23.8 Å². The average molecular weight is 348 g/mol. The maximum Gasteiger partial charge on any atom is 0.243 e. The number of benzene rings is 2. The van der Waals surface area contributed by atoms with Gasteiger partial charge in [0.2, 0.25) is 15.9 Å². The molecule has 1 amide bonds. The van der Waals surface area contributed by atoms with Gasteiger partial charge in [-0.1, -0.05) is 30.3 Å². The molecule has 1 atom stereocenters. The molecule has 2 N–H and O–H groups in total. The second kappa shape index (κ2) is 6.88. The first-order valence-electron chi connectivity index (χ1n) is 7.93. The van der Waals surface area contributed by atoms with Gasteiger partial charge in [-0.05, 0) is 35.7 Å². The summed E-state index contributed by atoms with van der Waals surface area (Å²) in [6.07, 6.45) is 1.13. The van der Waals surface area contributed by atoms with E-state index in [2.05, 4.69) is 5.32 Å². The molecule has 1 aliphatic heterocycles. The molecular weight excluding hydrogens is 328 g/mol. The van der Waals surface area contributed by atoms with E-state index in [4.69, 9.17) is 5.11 Å². The summed E-state index contributed by atoms with van der Waals surface area (Å²) in [6, 6.07) is 11.8. The highest BCUT2D eigenvalue weighted by molar-refractivity contribution is 7.89. The van der Waals surface area contributed by atoms with Gasteiger partial charge in [-0.15, -0.1) is 0 Å². The van der Waals surface area contributed by atoms with Crippen LogP contribution in [0.5, 0.6) is 0 Å². The average Bonchev–Trinajstić information content (AvgIpc) is 3.10. The number of sulfonamides is 1. The quantitative estimate of drug-likeness (QED) is 0.847. The first kappa shape index (κ1) is 16.9. The Morgan fingerprint density at radius 3 is 2.71 bits per heavy atom. The summed E-state index contributed by atoms with van der Waals surface area (Å²) < 4.78 is 27.2. The van der Waals surface area contributed by atoms with Gasteiger partial charge in [0.15, 0.2) is 0 Å². The second-order valence-corrected chi connectivity index (χ2v) is 7.69. The molecule has 0 saturated carbocycles. The fraction of sp³-hybridized carbons (Fsp3) is 0.353. The Hall–Kier alpha value is -1.96. The normalized spacial score (nSPS) is 18.8. The number of amides is 1. The molecule has 0 unspecified atom stereocenters. The predicted octanol–water partition coefficient (Wildman–Crippen LogP) is 1.10. The lowest BCUT2D eigenvalue weighted by molar-refractivity contribution is -0.124. The summed E-state index contributed by atoms with van der Waals surface area (Å²) in [6.45, 7) is 0.279. The van der Waals surface area contributed by atoms with Crippen LogP contribution in [0.2, 0.25) is 0 Å². The molecule has 2 aromatic carbocycles. The van der Waals surface area contributed by atoms with Crippen LogP contribution < -0.4 is 5.32 Å². The van der Waals surface area contributed by atoms with Crippen LogP contribution >= 0.6 is 0 Å². The first-order valence-corrected chi connectivity index (χ1v) is 9.37. The minimum absolute atomic E-state index is 0.124. The molecule has 128 valence electrons. The van der Waals surface area contributed by atoms with Crippen LogP contribution in [0.25, 0.3) is 10.8 Å². The number of hydrogen-bond acceptors (Lipinski definition) is 4. The topological polar surface area (TPSA) is 86.7 Å². The van der Waals surface area contributed by atoms with Crippen LogP contribution in [0, 0.1) is 0 Å². The molecule has 3 rings (SSSR count). The third-order valence-electron chi connectivity index (χ3n) is 4.24. The van der Waals surface area contributed by atoms with Gasteiger partial charge in [0.1, 0.15) is 6.04 Å². The number of rotatable bonds is 5. The summed E-state index contributed by atoms with van der Waals surface area (Å²) in [7, 11) is -3.74. The van der Waals surface area contributed by atoms with Gasteiger partial charge in [0.05, 0.1) is 11.5 Å². The molecular formula is C17H20N2O4S. The van der Waals surface area contributed by atoms with Crippen molar-refractivity contribution >= 4 is 26.7 Å². The van der Waals surface area contributed by atoms with Crippen molar-refractivity contribution in [3.63, 3.8) is 0 Å². The van der Waals surface area contributed by atoms with Gasteiger partial charge in [-0.3, -0.25) is 4.79 Å². The fourth-order valence-electron chi connectivity index (χ4n) is 3.05. The molecule has 0 spiro atoms. The number of fused-ring (bicyclic) bond motifs is 1. The zero-order valence-corrected chi connectivity index (χ0v) is 14.0. The molecule has 1 saturated heterocycles. The van der Waals surface area contributed by atoms with Crippen molar-refractivity contribution in [1.29, 1.82) is 0 Å². The highest BCUT2D eigenvalue weighted by Gasteiger charge is 2.39.